The van der Waals surface area contributed by atoms with Gasteiger partial charge in [0, 0.05) is 24.4 Å². The van der Waals surface area contributed by atoms with Crippen LogP contribution in [0, 0.1) is 50.7 Å². The maximum Gasteiger partial charge on any atom is 0.190 e. The lowest BCUT2D eigenvalue weighted by molar-refractivity contribution is -0.0106. The van der Waals surface area contributed by atoms with E-state index in [2.05, 4.69) is 47.9 Å². The Bertz CT molecular complexity index is 780. The molecule has 2 aliphatic heterocycles. The topological polar surface area (TPSA) is 104 Å². The smallest absolute Gasteiger partial charge is 0.190 e. The van der Waals surface area contributed by atoms with Crippen molar-refractivity contribution in [3.05, 3.63) is 22.9 Å². The Labute approximate surface area is 168 Å². The Balaban J connectivity index is 2.15. The third kappa shape index (κ3) is 2.82. The maximum absolute atomic E-state index is 10.2. The molecule has 1 saturated heterocycles. The van der Waals surface area contributed by atoms with Crippen LogP contribution in [0.1, 0.15) is 39.5 Å². The summed E-state index contributed by atoms with van der Waals surface area (Å²) >= 11 is 0. The second-order valence-corrected chi connectivity index (χ2v) is 8.34. The molecule has 1 aliphatic carbocycles. The summed E-state index contributed by atoms with van der Waals surface area (Å²) in [5.74, 6) is -0.00201. The first-order valence-corrected chi connectivity index (χ1v) is 10.4. The lowest BCUT2D eigenvalue weighted by atomic mass is 9.47. The summed E-state index contributed by atoms with van der Waals surface area (Å²) < 4.78 is 0. The molecule has 0 aromatic carbocycles. The molecule has 0 unspecified atom stereocenters. The first kappa shape index (κ1) is 20.4. The second kappa shape index (κ2) is 7.96. The van der Waals surface area contributed by atoms with E-state index in [0.29, 0.717) is 5.57 Å². The highest BCUT2D eigenvalue weighted by Crippen LogP contribution is 2.61. The van der Waals surface area contributed by atoms with Crippen molar-refractivity contribution >= 4 is 0 Å². The normalized spacial score (nSPS) is 26.7. The van der Waals surface area contributed by atoms with Gasteiger partial charge in [0.1, 0.15) is 6.07 Å². The van der Waals surface area contributed by atoms with Gasteiger partial charge in [-0.25, -0.2) is 0 Å². The number of likely N-dealkylation sites (tertiary alicyclic amines) is 1. The highest BCUT2D eigenvalue weighted by atomic mass is 15.1. The lowest BCUT2D eigenvalue weighted by Crippen LogP contribution is -2.60. The van der Waals surface area contributed by atoms with Gasteiger partial charge in [-0.3, -0.25) is 4.90 Å². The molecule has 2 N–H and O–H groups in total. The van der Waals surface area contributed by atoms with Gasteiger partial charge in [-0.15, -0.1) is 0 Å². The van der Waals surface area contributed by atoms with Crippen LogP contribution in [0.5, 0.6) is 0 Å². The fourth-order valence-corrected chi connectivity index (χ4v) is 5.63. The van der Waals surface area contributed by atoms with Crippen LogP contribution in [0.4, 0.5) is 0 Å². The van der Waals surface area contributed by atoms with E-state index in [9.17, 15) is 15.8 Å². The van der Waals surface area contributed by atoms with Crippen molar-refractivity contribution in [2.45, 2.75) is 39.5 Å². The minimum Gasteiger partial charge on any atom is -0.399 e. The monoisotopic (exact) mass is 378 g/mol. The van der Waals surface area contributed by atoms with Crippen molar-refractivity contribution in [1.29, 1.82) is 15.8 Å². The molecule has 0 radical (unpaired) electrons. The molecule has 28 heavy (non-hydrogen) atoms. The first-order valence-electron chi connectivity index (χ1n) is 10.4. The Morgan fingerprint density at radius 1 is 1.07 bits per heavy atom. The van der Waals surface area contributed by atoms with E-state index in [-0.39, 0.29) is 11.6 Å². The third-order valence-electron chi connectivity index (χ3n) is 7.04. The largest absolute Gasteiger partial charge is 0.399 e. The number of piperidine rings is 1. The summed E-state index contributed by atoms with van der Waals surface area (Å²) in [4.78, 5) is 4.80. The van der Waals surface area contributed by atoms with Crippen molar-refractivity contribution in [3.8, 4) is 18.2 Å². The van der Waals surface area contributed by atoms with Crippen LogP contribution in [0.2, 0.25) is 0 Å². The highest BCUT2D eigenvalue weighted by Gasteiger charge is 2.64. The van der Waals surface area contributed by atoms with Gasteiger partial charge in [-0.2, -0.15) is 15.8 Å². The van der Waals surface area contributed by atoms with Gasteiger partial charge in [0.25, 0.3) is 0 Å². The van der Waals surface area contributed by atoms with Crippen molar-refractivity contribution in [2.75, 3.05) is 39.3 Å². The third-order valence-corrected chi connectivity index (χ3v) is 7.04. The van der Waals surface area contributed by atoms with Gasteiger partial charge in [-0.1, -0.05) is 19.9 Å². The van der Waals surface area contributed by atoms with Crippen molar-refractivity contribution in [3.63, 3.8) is 0 Å². The van der Waals surface area contributed by atoms with Crippen LogP contribution in [0.25, 0.3) is 0 Å². The van der Waals surface area contributed by atoms with Crippen molar-refractivity contribution in [2.24, 2.45) is 22.5 Å². The zero-order chi connectivity index (χ0) is 20.4. The number of allylic oxidation sites excluding steroid dienone is 2. The average molecular weight is 379 g/mol. The van der Waals surface area contributed by atoms with E-state index in [4.69, 9.17) is 5.73 Å². The molecule has 1 fully saturated rings. The zero-order valence-corrected chi connectivity index (χ0v) is 17.0. The highest BCUT2D eigenvalue weighted by molar-refractivity contribution is 5.58. The van der Waals surface area contributed by atoms with Gasteiger partial charge in [0.2, 0.25) is 0 Å². The molecular weight excluding hydrogens is 348 g/mol. The molecule has 0 amide bonds. The average Bonchev–Trinajstić information content (AvgIpc) is 2.72. The second-order valence-electron chi connectivity index (χ2n) is 8.34. The Morgan fingerprint density at radius 3 is 2.21 bits per heavy atom. The van der Waals surface area contributed by atoms with E-state index in [0.717, 1.165) is 70.5 Å². The quantitative estimate of drug-likeness (QED) is 0.806. The summed E-state index contributed by atoms with van der Waals surface area (Å²) in [7, 11) is 0. The predicted octanol–water partition coefficient (Wildman–Crippen LogP) is 2.53. The Hall–Kier alpha value is -2.33. The lowest BCUT2D eigenvalue weighted by Gasteiger charge is -2.57. The molecule has 1 spiro atoms. The molecule has 6 nitrogen and oxygen atoms in total. The fraction of sp³-hybridized carbons (Fsp3) is 0.682. The van der Waals surface area contributed by atoms with E-state index in [1.807, 2.05) is 0 Å². The van der Waals surface area contributed by atoms with Crippen LogP contribution in [-0.4, -0.2) is 49.1 Å². The fourth-order valence-electron chi connectivity index (χ4n) is 5.63. The van der Waals surface area contributed by atoms with E-state index in [1.165, 1.54) is 0 Å². The molecule has 148 valence electrons. The molecule has 0 aromatic rings. The van der Waals surface area contributed by atoms with Gasteiger partial charge in [-0.05, 0) is 57.4 Å². The zero-order valence-electron chi connectivity index (χ0n) is 17.0. The summed E-state index contributed by atoms with van der Waals surface area (Å²) in [5.41, 5.74) is 5.97. The van der Waals surface area contributed by atoms with Gasteiger partial charge in [0.05, 0.1) is 23.4 Å². The van der Waals surface area contributed by atoms with Gasteiger partial charge < -0.3 is 10.6 Å². The molecule has 0 bridgehead atoms. The SMILES string of the molecule is CCCN1CCC2(CC1)[C@@H]1CN(CCC)CC=C1C(C#N)=C(N)C2(C#N)C#N. The van der Waals surface area contributed by atoms with Crippen LogP contribution < -0.4 is 5.73 Å². The van der Waals surface area contributed by atoms with Crippen LogP contribution in [0.3, 0.4) is 0 Å². The summed E-state index contributed by atoms with van der Waals surface area (Å²) in [6, 6.07) is 6.85. The summed E-state index contributed by atoms with van der Waals surface area (Å²) in [6.07, 6.45) is 5.78. The van der Waals surface area contributed by atoms with Gasteiger partial charge >= 0.3 is 0 Å². The molecule has 2 heterocycles. The molecule has 0 saturated carbocycles. The standard InChI is InChI=1S/C22H30N6/c1-3-8-27-11-6-21(7-12-27)19-14-28(9-4-2)10-5-17(19)18(13-23)20(26)22(21,15-24)16-25/h5,19H,3-4,6-12,14,26H2,1-2H3/t19-/m1/s1. The van der Waals surface area contributed by atoms with E-state index >= 15 is 0 Å². The van der Waals surface area contributed by atoms with Crippen molar-refractivity contribution in [1.82, 2.24) is 9.80 Å². The number of hydrogen-bond acceptors (Lipinski definition) is 6. The number of rotatable bonds is 4. The Kier molecular flexibility index (Phi) is 5.80. The van der Waals surface area contributed by atoms with Crippen LogP contribution in [0.15, 0.2) is 22.9 Å². The van der Waals surface area contributed by atoms with Gasteiger partial charge in [0.15, 0.2) is 5.41 Å². The van der Waals surface area contributed by atoms with Crippen molar-refractivity contribution < 1.29 is 0 Å². The van der Waals surface area contributed by atoms with Crippen LogP contribution >= 0.6 is 0 Å². The van der Waals surface area contributed by atoms with E-state index in [1.54, 1.807) is 0 Å². The number of nitriles is 3. The molecule has 3 aliphatic rings. The number of nitrogens with two attached hydrogens (primary N) is 1. The van der Waals surface area contributed by atoms with Crippen LogP contribution in [-0.2, 0) is 0 Å². The number of fused-ring (bicyclic) bond motifs is 2. The summed E-state index contributed by atoms with van der Waals surface area (Å²) in [5, 5.41) is 30.3. The minimum absolute atomic E-state index is 0.00201. The van der Waals surface area contributed by atoms with E-state index < -0.39 is 10.8 Å². The molecule has 3 rings (SSSR count). The minimum atomic E-state index is -1.44. The molecule has 0 aromatic heterocycles. The number of nitrogens with zero attached hydrogens (tertiary/aromatic N) is 5. The molecule has 6 heteroatoms. The predicted molar refractivity (Wildman–Crippen MR) is 107 cm³/mol. The summed E-state index contributed by atoms with van der Waals surface area (Å²) in [6.45, 7) is 9.66. The first-order chi connectivity index (χ1) is 13.5. The molecular formula is C22H30N6. The maximum atomic E-state index is 10.2. The molecule has 1 atom stereocenters. The Morgan fingerprint density at radius 2 is 1.68 bits per heavy atom. The number of hydrogen-bond donors (Lipinski definition) is 1.